The fourth-order valence-electron chi connectivity index (χ4n) is 3.89. The van der Waals surface area contributed by atoms with E-state index in [1.807, 2.05) is 38.1 Å². The zero-order valence-corrected chi connectivity index (χ0v) is 18.0. The van der Waals surface area contributed by atoms with E-state index in [4.69, 9.17) is 9.47 Å². The maximum Gasteiger partial charge on any atom is 0.241 e. The molecule has 1 N–H and O–H groups in total. The van der Waals surface area contributed by atoms with Gasteiger partial charge < -0.3 is 9.47 Å². The van der Waals surface area contributed by atoms with Crippen LogP contribution >= 0.6 is 0 Å². The molecule has 0 saturated carbocycles. The van der Waals surface area contributed by atoms with Crippen molar-refractivity contribution in [1.82, 2.24) is 4.72 Å². The molecule has 0 radical (unpaired) electrons. The molecule has 6 heteroatoms. The maximum atomic E-state index is 13.3. The summed E-state index contributed by atoms with van der Waals surface area (Å²) in [4.78, 5) is 0.317. The highest BCUT2D eigenvalue weighted by molar-refractivity contribution is 7.89. The van der Waals surface area contributed by atoms with Gasteiger partial charge in [0.25, 0.3) is 0 Å². The highest BCUT2D eigenvalue weighted by atomic mass is 32.2. The van der Waals surface area contributed by atoms with Crippen LogP contribution in [0.3, 0.4) is 0 Å². The molecule has 0 amide bonds. The molecule has 0 heterocycles. The van der Waals surface area contributed by atoms with Crippen LogP contribution in [0.15, 0.2) is 35.2 Å². The minimum atomic E-state index is -3.67. The number of ether oxygens (including phenoxy) is 2. The lowest BCUT2D eigenvalue weighted by Gasteiger charge is -2.27. The Morgan fingerprint density at radius 3 is 2.50 bits per heavy atom. The van der Waals surface area contributed by atoms with E-state index in [0.29, 0.717) is 10.5 Å². The van der Waals surface area contributed by atoms with Gasteiger partial charge >= 0.3 is 0 Å². The summed E-state index contributed by atoms with van der Waals surface area (Å²) in [5.41, 5.74) is 3.75. The van der Waals surface area contributed by atoms with Gasteiger partial charge in [-0.15, -0.1) is 0 Å². The van der Waals surface area contributed by atoms with Gasteiger partial charge in [-0.2, -0.15) is 0 Å². The quantitative estimate of drug-likeness (QED) is 0.772. The highest BCUT2D eigenvalue weighted by Gasteiger charge is 2.28. The molecule has 5 nitrogen and oxygen atoms in total. The monoisotopic (exact) mass is 403 g/mol. The summed E-state index contributed by atoms with van der Waals surface area (Å²) in [6.07, 6.45) is 2.65. The second-order valence-electron chi connectivity index (χ2n) is 7.65. The Balaban J connectivity index is 1.97. The predicted octanol–water partition coefficient (Wildman–Crippen LogP) is 4.49. The normalized spacial score (nSPS) is 16.7. The number of nitrogens with one attached hydrogen (secondary N) is 1. The van der Waals surface area contributed by atoms with E-state index in [9.17, 15) is 8.42 Å². The fourth-order valence-corrected chi connectivity index (χ4v) is 5.40. The summed E-state index contributed by atoms with van der Waals surface area (Å²) >= 11 is 0. The largest absolute Gasteiger partial charge is 0.497 e. The van der Waals surface area contributed by atoms with Crippen molar-refractivity contribution in [3.05, 3.63) is 52.6 Å². The SMILES string of the molecule is COc1ccc2c(c1)CCC[C@@H]2NS(=O)(=O)c1cc(C(C)C)c(OC)cc1C. The molecule has 1 aliphatic carbocycles. The van der Waals surface area contributed by atoms with E-state index in [1.54, 1.807) is 27.2 Å². The summed E-state index contributed by atoms with van der Waals surface area (Å²) in [6.45, 7) is 5.87. The third-order valence-electron chi connectivity index (χ3n) is 5.40. The number of methoxy groups -OCH3 is 2. The molecule has 3 rings (SSSR count). The van der Waals surface area contributed by atoms with Crippen molar-refractivity contribution in [2.45, 2.75) is 56.9 Å². The third kappa shape index (κ3) is 4.03. The maximum absolute atomic E-state index is 13.3. The highest BCUT2D eigenvalue weighted by Crippen LogP contribution is 2.35. The van der Waals surface area contributed by atoms with Gasteiger partial charge in [0, 0.05) is 6.04 Å². The molecule has 0 unspecified atom stereocenters. The van der Waals surface area contributed by atoms with Gasteiger partial charge in [-0.05, 0) is 78.6 Å². The van der Waals surface area contributed by atoms with Crippen LogP contribution in [0, 0.1) is 6.92 Å². The molecular weight excluding hydrogens is 374 g/mol. The van der Waals surface area contributed by atoms with Crippen molar-refractivity contribution >= 4 is 10.0 Å². The smallest absolute Gasteiger partial charge is 0.241 e. The Morgan fingerprint density at radius 2 is 1.86 bits per heavy atom. The first-order valence-corrected chi connectivity index (χ1v) is 11.1. The van der Waals surface area contributed by atoms with Crippen LogP contribution in [0.4, 0.5) is 0 Å². The lowest BCUT2D eigenvalue weighted by molar-refractivity contribution is 0.406. The number of hydrogen-bond acceptors (Lipinski definition) is 4. The summed E-state index contributed by atoms with van der Waals surface area (Å²) < 4.78 is 40.2. The second kappa shape index (κ2) is 8.13. The molecule has 0 aromatic heterocycles. The second-order valence-corrected chi connectivity index (χ2v) is 9.33. The summed E-state index contributed by atoms with van der Waals surface area (Å²) in [6, 6.07) is 9.19. The minimum absolute atomic E-state index is 0.160. The Kier molecular flexibility index (Phi) is 6.01. The van der Waals surface area contributed by atoms with Crippen molar-refractivity contribution in [2.24, 2.45) is 0 Å². The molecule has 2 aromatic carbocycles. The minimum Gasteiger partial charge on any atom is -0.497 e. The van der Waals surface area contributed by atoms with E-state index < -0.39 is 10.0 Å². The van der Waals surface area contributed by atoms with Crippen molar-refractivity contribution < 1.29 is 17.9 Å². The topological polar surface area (TPSA) is 64.6 Å². The molecule has 0 fully saturated rings. The van der Waals surface area contributed by atoms with Crippen LogP contribution in [0.5, 0.6) is 11.5 Å². The van der Waals surface area contributed by atoms with Crippen molar-refractivity contribution in [3.8, 4) is 11.5 Å². The van der Waals surface area contributed by atoms with E-state index >= 15 is 0 Å². The number of rotatable bonds is 6. The van der Waals surface area contributed by atoms with Crippen LogP contribution in [0.2, 0.25) is 0 Å². The number of aryl methyl sites for hydroxylation is 2. The predicted molar refractivity (Wildman–Crippen MR) is 111 cm³/mol. The molecule has 2 aromatic rings. The van der Waals surface area contributed by atoms with E-state index in [1.165, 1.54) is 0 Å². The lowest BCUT2D eigenvalue weighted by Crippen LogP contribution is -2.31. The Hall–Kier alpha value is -2.05. The standard InChI is InChI=1S/C22H29NO4S/c1-14(2)19-13-22(15(3)11-21(19)27-5)28(24,25)23-20-8-6-7-16-12-17(26-4)9-10-18(16)20/h9-14,20,23H,6-8H2,1-5H3/t20-/m0/s1. The summed E-state index contributed by atoms with van der Waals surface area (Å²) in [5.74, 6) is 1.68. The molecule has 0 aliphatic heterocycles. The number of hydrogen-bond donors (Lipinski definition) is 1. The zero-order valence-electron chi connectivity index (χ0n) is 17.2. The van der Waals surface area contributed by atoms with Gasteiger partial charge in [0.05, 0.1) is 19.1 Å². The molecule has 0 saturated heterocycles. The van der Waals surface area contributed by atoms with Gasteiger partial charge in [0.15, 0.2) is 0 Å². The van der Waals surface area contributed by atoms with Crippen molar-refractivity contribution in [2.75, 3.05) is 14.2 Å². The van der Waals surface area contributed by atoms with Gasteiger partial charge in [0.1, 0.15) is 11.5 Å². The lowest BCUT2D eigenvalue weighted by atomic mass is 9.88. The van der Waals surface area contributed by atoms with Gasteiger partial charge in [-0.3, -0.25) is 0 Å². The van der Waals surface area contributed by atoms with Gasteiger partial charge in [-0.25, -0.2) is 13.1 Å². The molecule has 28 heavy (non-hydrogen) atoms. The molecule has 152 valence electrons. The van der Waals surface area contributed by atoms with E-state index in [0.717, 1.165) is 47.5 Å². The van der Waals surface area contributed by atoms with E-state index in [-0.39, 0.29) is 12.0 Å². The molecule has 1 atom stereocenters. The van der Waals surface area contributed by atoms with Crippen LogP contribution in [0.25, 0.3) is 0 Å². The van der Waals surface area contributed by atoms with Crippen LogP contribution in [-0.2, 0) is 16.4 Å². The van der Waals surface area contributed by atoms with Gasteiger partial charge in [0.2, 0.25) is 10.0 Å². The van der Waals surface area contributed by atoms with E-state index in [2.05, 4.69) is 4.72 Å². The molecule has 0 bridgehead atoms. The molecule has 0 spiro atoms. The van der Waals surface area contributed by atoms with Crippen LogP contribution < -0.4 is 14.2 Å². The Morgan fingerprint density at radius 1 is 1.11 bits per heavy atom. The fraction of sp³-hybridized carbons (Fsp3) is 0.455. The summed E-state index contributed by atoms with van der Waals surface area (Å²) in [5, 5.41) is 0. The number of benzene rings is 2. The number of fused-ring (bicyclic) bond motifs is 1. The van der Waals surface area contributed by atoms with Crippen molar-refractivity contribution in [3.63, 3.8) is 0 Å². The van der Waals surface area contributed by atoms with Crippen LogP contribution in [0.1, 0.15) is 60.9 Å². The van der Waals surface area contributed by atoms with Crippen LogP contribution in [-0.4, -0.2) is 22.6 Å². The molecular formula is C22H29NO4S. The average molecular weight is 404 g/mol. The van der Waals surface area contributed by atoms with Gasteiger partial charge in [-0.1, -0.05) is 19.9 Å². The molecule has 1 aliphatic rings. The number of sulfonamides is 1. The Bertz CT molecular complexity index is 967. The first-order chi connectivity index (χ1) is 13.3. The third-order valence-corrected chi connectivity index (χ3v) is 7.01. The first kappa shape index (κ1) is 20.7. The first-order valence-electron chi connectivity index (χ1n) is 9.64. The summed E-state index contributed by atoms with van der Waals surface area (Å²) in [7, 11) is -0.413. The van der Waals surface area contributed by atoms with Crippen molar-refractivity contribution in [1.29, 1.82) is 0 Å². The zero-order chi connectivity index (χ0) is 20.5. The Labute approximate surface area is 168 Å². The average Bonchev–Trinajstić information content (AvgIpc) is 2.66.